The summed E-state index contributed by atoms with van der Waals surface area (Å²) in [7, 11) is 2.06. The molecule has 2 rings (SSSR count). The van der Waals surface area contributed by atoms with Gasteiger partial charge in [0.05, 0.1) is 6.42 Å². The predicted molar refractivity (Wildman–Crippen MR) is 62.4 cm³/mol. The molecule has 2 aliphatic rings. The Bertz CT molecular complexity index is 266. The average Bonchev–Trinajstić information content (AvgIpc) is 2.95. The fraction of sp³-hybridized carbons (Fsp3) is 0.917. The molecule has 1 aliphatic heterocycles. The number of hydrogen-bond donors (Lipinski definition) is 1. The highest BCUT2D eigenvalue weighted by atomic mass is 16.4. The molecule has 0 aromatic rings. The minimum atomic E-state index is -0.679. The van der Waals surface area contributed by atoms with Gasteiger partial charge in [0.15, 0.2) is 0 Å². The van der Waals surface area contributed by atoms with E-state index in [0.29, 0.717) is 5.92 Å². The molecule has 1 heterocycles. The number of nitrogens with zero attached hydrogens (tertiary/aromatic N) is 2. The van der Waals surface area contributed by atoms with Crippen LogP contribution in [0.2, 0.25) is 0 Å². The van der Waals surface area contributed by atoms with Gasteiger partial charge in [-0.1, -0.05) is 6.92 Å². The van der Waals surface area contributed by atoms with Crippen molar-refractivity contribution >= 4 is 5.97 Å². The highest BCUT2D eigenvalue weighted by Gasteiger charge is 2.35. The van der Waals surface area contributed by atoms with Crippen molar-refractivity contribution in [3.63, 3.8) is 0 Å². The molecule has 0 amide bonds. The van der Waals surface area contributed by atoms with Gasteiger partial charge >= 0.3 is 5.97 Å². The number of hydrogen-bond acceptors (Lipinski definition) is 3. The number of aliphatic carboxylic acids is 1. The van der Waals surface area contributed by atoms with Crippen molar-refractivity contribution in [1.29, 1.82) is 0 Å². The van der Waals surface area contributed by atoms with Crippen LogP contribution in [-0.4, -0.2) is 59.6 Å². The van der Waals surface area contributed by atoms with Gasteiger partial charge in [-0.2, -0.15) is 0 Å². The Morgan fingerprint density at radius 2 is 2.00 bits per heavy atom. The van der Waals surface area contributed by atoms with E-state index in [0.717, 1.165) is 25.7 Å². The number of carboxylic acid groups (broad SMARTS) is 1. The van der Waals surface area contributed by atoms with Gasteiger partial charge in [0.2, 0.25) is 0 Å². The first-order valence-electron chi connectivity index (χ1n) is 6.22. The predicted octanol–water partition coefficient (Wildman–Crippen LogP) is 0.876. The fourth-order valence-corrected chi connectivity index (χ4v) is 2.74. The highest BCUT2D eigenvalue weighted by molar-refractivity contribution is 5.67. The van der Waals surface area contributed by atoms with Crippen molar-refractivity contribution in [3.05, 3.63) is 0 Å². The summed E-state index contributed by atoms with van der Waals surface area (Å²) in [5.74, 6) is -0.0356. The molecule has 1 aliphatic carbocycles. The largest absolute Gasteiger partial charge is 0.481 e. The number of likely N-dealkylation sites (N-methyl/N-ethyl adjacent to an activating group) is 1. The molecule has 0 aromatic heterocycles. The zero-order valence-electron chi connectivity index (χ0n) is 10.2. The first-order valence-corrected chi connectivity index (χ1v) is 6.22. The zero-order valence-corrected chi connectivity index (χ0v) is 10.2. The van der Waals surface area contributed by atoms with Gasteiger partial charge < -0.3 is 10.0 Å². The monoisotopic (exact) mass is 226 g/mol. The molecule has 0 spiro atoms. The van der Waals surface area contributed by atoms with Crippen LogP contribution in [0.25, 0.3) is 0 Å². The summed E-state index contributed by atoms with van der Waals surface area (Å²) in [6.45, 7) is 5.33. The molecule has 0 aromatic carbocycles. The number of carboxylic acids is 1. The maximum absolute atomic E-state index is 10.9. The highest BCUT2D eigenvalue weighted by Crippen LogP contribution is 2.29. The van der Waals surface area contributed by atoms with E-state index < -0.39 is 5.97 Å². The molecule has 4 heteroatoms. The van der Waals surface area contributed by atoms with Crippen molar-refractivity contribution < 1.29 is 9.90 Å². The smallest absolute Gasteiger partial charge is 0.304 e. The topological polar surface area (TPSA) is 43.8 Å². The molecule has 4 nitrogen and oxygen atoms in total. The van der Waals surface area contributed by atoms with Crippen molar-refractivity contribution in [1.82, 2.24) is 9.80 Å². The summed E-state index contributed by atoms with van der Waals surface area (Å²) < 4.78 is 0. The average molecular weight is 226 g/mol. The van der Waals surface area contributed by atoms with Gasteiger partial charge in [0, 0.05) is 31.7 Å². The summed E-state index contributed by atoms with van der Waals surface area (Å²) in [5, 5.41) is 8.94. The van der Waals surface area contributed by atoms with E-state index in [1.165, 1.54) is 12.8 Å². The molecule has 1 N–H and O–H groups in total. The van der Waals surface area contributed by atoms with E-state index in [2.05, 4.69) is 23.8 Å². The molecule has 2 unspecified atom stereocenters. The normalized spacial score (nSPS) is 33.6. The lowest BCUT2D eigenvalue weighted by Gasteiger charge is -2.27. The van der Waals surface area contributed by atoms with Crippen molar-refractivity contribution in [3.8, 4) is 0 Å². The minimum Gasteiger partial charge on any atom is -0.481 e. The third kappa shape index (κ3) is 2.95. The van der Waals surface area contributed by atoms with E-state index in [-0.39, 0.29) is 12.5 Å². The maximum atomic E-state index is 10.9. The van der Waals surface area contributed by atoms with Crippen molar-refractivity contribution in [2.45, 2.75) is 38.3 Å². The molecule has 1 saturated heterocycles. The second-order valence-corrected chi connectivity index (χ2v) is 5.48. The zero-order chi connectivity index (χ0) is 11.7. The van der Waals surface area contributed by atoms with Crippen LogP contribution in [-0.2, 0) is 4.79 Å². The summed E-state index contributed by atoms with van der Waals surface area (Å²) in [5.41, 5.74) is 0. The molecule has 2 fully saturated rings. The Kier molecular flexibility index (Phi) is 3.50. The van der Waals surface area contributed by atoms with Crippen LogP contribution >= 0.6 is 0 Å². The van der Waals surface area contributed by atoms with Gasteiger partial charge in [0.25, 0.3) is 0 Å². The summed E-state index contributed by atoms with van der Waals surface area (Å²) in [4.78, 5) is 15.6. The van der Waals surface area contributed by atoms with Crippen LogP contribution in [0.3, 0.4) is 0 Å². The van der Waals surface area contributed by atoms with Gasteiger partial charge in [-0.25, -0.2) is 0 Å². The standard InChI is InChI=1S/C12H22N2O2/c1-9-6-13(2)11(5-12(15)16)8-14(7-9)10-3-4-10/h9-11H,3-8H2,1-2H3,(H,15,16). The number of carbonyl (C=O) groups is 1. The van der Waals surface area contributed by atoms with Crippen LogP contribution < -0.4 is 0 Å². The molecule has 0 radical (unpaired) electrons. The van der Waals surface area contributed by atoms with Crippen molar-refractivity contribution in [2.75, 3.05) is 26.7 Å². The third-order valence-electron chi connectivity index (χ3n) is 3.69. The van der Waals surface area contributed by atoms with Crippen LogP contribution in [0.5, 0.6) is 0 Å². The van der Waals surface area contributed by atoms with E-state index in [9.17, 15) is 4.79 Å². The quantitative estimate of drug-likeness (QED) is 0.775. The van der Waals surface area contributed by atoms with Crippen LogP contribution in [0, 0.1) is 5.92 Å². The van der Waals surface area contributed by atoms with Gasteiger partial charge in [-0.15, -0.1) is 0 Å². The van der Waals surface area contributed by atoms with Gasteiger partial charge in [0.1, 0.15) is 0 Å². The second kappa shape index (κ2) is 4.72. The van der Waals surface area contributed by atoms with E-state index in [1.54, 1.807) is 0 Å². The first-order chi connectivity index (χ1) is 7.56. The van der Waals surface area contributed by atoms with E-state index >= 15 is 0 Å². The van der Waals surface area contributed by atoms with Gasteiger partial charge in [-0.3, -0.25) is 9.69 Å². The number of rotatable bonds is 3. The summed E-state index contributed by atoms with van der Waals surface area (Å²) in [6, 6.07) is 0.924. The van der Waals surface area contributed by atoms with Crippen molar-refractivity contribution in [2.24, 2.45) is 5.92 Å². The lowest BCUT2D eigenvalue weighted by Crippen LogP contribution is -2.41. The lowest BCUT2D eigenvalue weighted by molar-refractivity contribution is -0.138. The molecule has 1 saturated carbocycles. The van der Waals surface area contributed by atoms with Crippen LogP contribution in [0.1, 0.15) is 26.2 Å². The summed E-state index contributed by atoms with van der Waals surface area (Å²) in [6.07, 6.45) is 2.87. The van der Waals surface area contributed by atoms with Gasteiger partial charge in [-0.05, 0) is 25.8 Å². The van der Waals surface area contributed by atoms with Crippen LogP contribution in [0.4, 0.5) is 0 Å². The first kappa shape index (κ1) is 11.9. The maximum Gasteiger partial charge on any atom is 0.304 e. The lowest BCUT2D eigenvalue weighted by atomic mass is 10.1. The molecule has 92 valence electrons. The van der Waals surface area contributed by atoms with Crippen LogP contribution in [0.15, 0.2) is 0 Å². The Morgan fingerprint density at radius 1 is 1.31 bits per heavy atom. The molecular weight excluding hydrogens is 204 g/mol. The third-order valence-corrected chi connectivity index (χ3v) is 3.69. The second-order valence-electron chi connectivity index (χ2n) is 5.48. The Morgan fingerprint density at radius 3 is 2.56 bits per heavy atom. The Hall–Kier alpha value is -0.610. The Balaban J connectivity index is 2.00. The molecular formula is C12H22N2O2. The molecule has 0 bridgehead atoms. The summed E-state index contributed by atoms with van der Waals surface area (Å²) >= 11 is 0. The SMILES string of the molecule is CC1CN(C)C(CC(=O)O)CN(C2CC2)C1. The fourth-order valence-electron chi connectivity index (χ4n) is 2.74. The Labute approximate surface area is 97.2 Å². The van der Waals surface area contributed by atoms with E-state index in [4.69, 9.17) is 5.11 Å². The molecule has 2 atom stereocenters. The molecule has 16 heavy (non-hydrogen) atoms. The minimum absolute atomic E-state index is 0.183. The van der Waals surface area contributed by atoms with E-state index in [1.807, 2.05) is 0 Å².